The van der Waals surface area contributed by atoms with Crippen LogP contribution < -0.4 is 11.7 Å². The Bertz CT molecular complexity index is 1070. The van der Waals surface area contributed by atoms with Crippen molar-refractivity contribution in [3.05, 3.63) is 77.6 Å². The van der Waals surface area contributed by atoms with Gasteiger partial charge in [0.1, 0.15) is 0 Å². The van der Waals surface area contributed by atoms with Gasteiger partial charge in [-0.3, -0.25) is 11.7 Å². The molecule has 0 saturated carbocycles. The van der Waals surface area contributed by atoms with Gasteiger partial charge in [-0.05, 0) is 17.7 Å². The van der Waals surface area contributed by atoms with Gasteiger partial charge in [-0.2, -0.15) is 13.2 Å². The summed E-state index contributed by atoms with van der Waals surface area (Å²) in [6.07, 6.45) is -2.96. The van der Waals surface area contributed by atoms with E-state index in [2.05, 4.69) is 21.7 Å². The molecule has 3 aromatic rings. The second kappa shape index (κ2) is 9.12. The first kappa shape index (κ1) is 22.5. The third-order valence-corrected chi connectivity index (χ3v) is 5.01. The predicted molar refractivity (Wildman–Crippen MR) is 103 cm³/mol. The maximum absolute atomic E-state index is 13.4. The van der Waals surface area contributed by atoms with Crippen LogP contribution in [0.4, 0.5) is 13.2 Å². The summed E-state index contributed by atoms with van der Waals surface area (Å²) in [4.78, 5) is 8.01. The van der Waals surface area contributed by atoms with E-state index in [0.717, 1.165) is 12.5 Å². The summed E-state index contributed by atoms with van der Waals surface area (Å²) in [5, 5.41) is 0. The molecule has 0 aliphatic carbocycles. The third-order valence-electron chi connectivity index (χ3n) is 3.90. The van der Waals surface area contributed by atoms with Crippen LogP contribution in [0.25, 0.3) is 11.4 Å². The van der Waals surface area contributed by atoms with Crippen LogP contribution in [-0.4, -0.2) is 24.6 Å². The van der Waals surface area contributed by atoms with Crippen LogP contribution in [0.1, 0.15) is 16.8 Å². The molecule has 0 aliphatic rings. The highest BCUT2D eigenvalue weighted by atomic mass is 32.2. The van der Waals surface area contributed by atoms with Crippen molar-refractivity contribution in [1.82, 2.24) is 9.97 Å². The Kier molecular flexibility index (Phi) is 7.07. The molecule has 0 unspecified atom stereocenters. The highest BCUT2D eigenvalue weighted by Crippen LogP contribution is 2.33. The standard InChI is InChI=1S/C19H15F3N2O2S.H4N2/c1-27(25,26)15-9-5-6-13(10-15)11-17-16(19(20,21)22)12-23-18(24-17)14-7-3-2-4-8-14;1-2/h2-10,12H,11H2,1H3;1-2H2. The number of aromatic nitrogens is 2. The number of hydrogen-bond donors (Lipinski definition) is 2. The Labute approximate surface area is 166 Å². The first-order valence-electron chi connectivity index (χ1n) is 8.25. The first-order valence-corrected chi connectivity index (χ1v) is 10.1. The van der Waals surface area contributed by atoms with E-state index in [9.17, 15) is 21.6 Å². The molecule has 2 aromatic carbocycles. The number of hydrazine groups is 1. The molecule has 0 atom stereocenters. The monoisotopic (exact) mass is 424 g/mol. The van der Waals surface area contributed by atoms with Gasteiger partial charge in [-0.1, -0.05) is 42.5 Å². The van der Waals surface area contributed by atoms with E-state index < -0.39 is 21.6 Å². The minimum Gasteiger partial charge on any atom is -0.274 e. The fourth-order valence-electron chi connectivity index (χ4n) is 2.59. The molecular formula is C19H19F3N4O2S. The molecule has 6 nitrogen and oxygen atoms in total. The van der Waals surface area contributed by atoms with Gasteiger partial charge in [0, 0.05) is 24.4 Å². The Hall–Kier alpha value is -2.82. The summed E-state index contributed by atoms with van der Waals surface area (Å²) < 4.78 is 63.5. The average molecular weight is 424 g/mol. The van der Waals surface area contributed by atoms with Gasteiger partial charge in [-0.15, -0.1) is 0 Å². The highest BCUT2D eigenvalue weighted by Gasteiger charge is 2.35. The number of halogens is 3. The molecule has 4 N–H and O–H groups in total. The minimum absolute atomic E-state index is 0.0471. The number of alkyl halides is 3. The van der Waals surface area contributed by atoms with Crippen LogP contribution in [0.5, 0.6) is 0 Å². The third kappa shape index (κ3) is 5.83. The van der Waals surface area contributed by atoms with Gasteiger partial charge in [0.25, 0.3) is 0 Å². The normalized spacial score (nSPS) is 11.5. The molecule has 0 spiro atoms. The van der Waals surface area contributed by atoms with Crippen LogP contribution >= 0.6 is 0 Å². The maximum Gasteiger partial charge on any atom is 0.419 e. The number of sulfone groups is 1. The molecule has 29 heavy (non-hydrogen) atoms. The number of benzene rings is 2. The Morgan fingerprint density at radius 1 is 1.00 bits per heavy atom. The van der Waals surface area contributed by atoms with Crippen LogP contribution in [0, 0.1) is 0 Å². The van der Waals surface area contributed by atoms with Crippen LogP contribution in [0.2, 0.25) is 0 Å². The van der Waals surface area contributed by atoms with Gasteiger partial charge in [-0.25, -0.2) is 18.4 Å². The lowest BCUT2D eigenvalue weighted by Crippen LogP contribution is -2.13. The van der Waals surface area contributed by atoms with Crippen molar-refractivity contribution in [3.8, 4) is 11.4 Å². The summed E-state index contributed by atoms with van der Waals surface area (Å²) in [6, 6.07) is 14.5. The molecular weight excluding hydrogens is 405 g/mol. The largest absolute Gasteiger partial charge is 0.419 e. The van der Waals surface area contributed by atoms with E-state index in [1.807, 2.05) is 0 Å². The lowest BCUT2D eigenvalue weighted by atomic mass is 10.1. The van der Waals surface area contributed by atoms with E-state index in [1.165, 1.54) is 18.2 Å². The molecule has 10 heteroatoms. The Morgan fingerprint density at radius 2 is 1.66 bits per heavy atom. The second-order valence-corrected chi connectivity index (χ2v) is 8.03. The number of hydrogen-bond acceptors (Lipinski definition) is 6. The Balaban J connectivity index is 0.00000145. The van der Waals surface area contributed by atoms with Crippen molar-refractivity contribution in [1.29, 1.82) is 0 Å². The summed E-state index contributed by atoms with van der Waals surface area (Å²) in [6.45, 7) is 0. The lowest BCUT2D eigenvalue weighted by Gasteiger charge is -2.13. The van der Waals surface area contributed by atoms with Gasteiger partial charge in [0.2, 0.25) is 0 Å². The highest BCUT2D eigenvalue weighted by molar-refractivity contribution is 7.90. The minimum atomic E-state index is -4.61. The molecule has 0 amide bonds. The van der Waals surface area contributed by atoms with Crippen molar-refractivity contribution in [3.63, 3.8) is 0 Å². The molecule has 0 fully saturated rings. The quantitative estimate of drug-likeness (QED) is 0.492. The van der Waals surface area contributed by atoms with Crippen molar-refractivity contribution < 1.29 is 21.6 Å². The fraction of sp³-hybridized carbons (Fsp3) is 0.158. The molecule has 0 aliphatic heterocycles. The summed E-state index contributed by atoms with van der Waals surface area (Å²) >= 11 is 0. The smallest absolute Gasteiger partial charge is 0.274 e. The molecule has 3 rings (SSSR count). The summed E-state index contributed by atoms with van der Waals surface area (Å²) in [7, 11) is -3.46. The van der Waals surface area contributed by atoms with Gasteiger partial charge >= 0.3 is 6.18 Å². The van der Waals surface area contributed by atoms with Gasteiger partial charge in [0.05, 0.1) is 16.2 Å². The van der Waals surface area contributed by atoms with Crippen molar-refractivity contribution in [2.24, 2.45) is 11.7 Å². The zero-order valence-electron chi connectivity index (χ0n) is 15.4. The zero-order valence-corrected chi connectivity index (χ0v) is 16.2. The molecule has 1 heterocycles. The summed E-state index contributed by atoms with van der Waals surface area (Å²) in [5.41, 5.74) is -0.132. The van der Waals surface area contributed by atoms with E-state index in [-0.39, 0.29) is 22.8 Å². The zero-order chi connectivity index (χ0) is 21.7. The maximum atomic E-state index is 13.4. The molecule has 154 valence electrons. The van der Waals surface area contributed by atoms with E-state index >= 15 is 0 Å². The van der Waals surface area contributed by atoms with Crippen molar-refractivity contribution in [2.45, 2.75) is 17.5 Å². The van der Waals surface area contributed by atoms with Crippen LogP contribution in [-0.2, 0) is 22.4 Å². The number of nitrogens with two attached hydrogens (primary N) is 2. The van der Waals surface area contributed by atoms with Gasteiger partial charge in [0.15, 0.2) is 15.7 Å². The number of rotatable bonds is 4. The molecule has 0 saturated heterocycles. The lowest BCUT2D eigenvalue weighted by molar-refractivity contribution is -0.138. The second-order valence-electron chi connectivity index (χ2n) is 6.01. The van der Waals surface area contributed by atoms with Crippen LogP contribution in [0.15, 0.2) is 65.7 Å². The van der Waals surface area contributed by atoms with E-state index in [4.69, 9.17) is 0 Å². The first-order chi connectivity index (χ1) is 13.6. The SMILES string of the molecule is CS(=O)(=O)c1cccc(Cc2nc(-c3ccccc3)ncc2C(F)(F)F)c1.NN. The van der Waals surface area contributed by atoms with Crippen LogP contribution in [0.3, 0.4) is 0 Å². The molecule has 1 aromatic heterocycles. The van der Waals surface area contributed by atoms with Gasteiger partial charge < -0.3 is 0 Å². The topological polar surface area (TPSA) is 112 Å². The fourth-order valence-corrected chi connectivity index (χ4v) is 3.29. The Morgan fingerprint density at radius 3 is 2.24 bits per heavy atom. The summed E-state index contributed by atoms with van der Waals surface area (Å²) in [5.74, 6) is 8.18. The van der Waals surface area contributed by atoms with Crippen molar-refractivity contribution >= 4 is 9.84 Å². The average Bonchev–Trinajstić information content (AvgIpc) is 2.69. The van der Waals surface area contributed by atoms with E-state index in [0.29, 0.717) is 11.1 Å². The van der Waals surface area contributed by atoms with E-state index in [1.54, 1.807) is 36.4 Å². The predicted octanol–water partition coefficient (Wildman–Crippen LogP) is 2.98. The van der Waals surface area contributed by atoms with Crippen molar-refractivity contribution in [2.75, 3.05) is 6.26 Å². The number of nitrogens with zero attached hydrogens (tertiary/aromatic N) is 2. The molecule has 0 bridgehead atoms. The molecule has 0 radical (unpaired) electrons.